The van der Waals surface area contributed by atoms with Gasteiger partial charge in [0.25, 0.3) is 0 Å². The number of ether oxygens (including phenoxy) is 1. The van der Waals surface area contributed by atoms with Gasteiger partial charge in [0.05, 0.1) is 13.2 Å². The highest BCUT2D eigenvalue weighted by atomic mass is 16.5. The molecule has 0 unspecified atom stereocenters. The molecule has 1 amide bonds. The van der Waals surface area contributed by atoms with E-state index in [4.69, 9.17) is 4.74 Å². The lowest BCUT2D eigenvalue weighted by atomic mass is 10.0. The normalized spacial score (nSPS) is 18.0. The Morgan fingerprint density at radius 3 is 2.59 bits per heavy atom. The van der Waals surface area contributed by atoms with E-state index in [0.717, 1.165) is 57.8 Å². The third-order valence-corrected chi connectivity index (χ3v) is 4.94. The second-order valence-electron chi connectivity index (χ2n) is 6.17. The molecule has 0 aromatic heterocycles. The van der Waals surface area contributed by atoms with Crippen molar-refractivity contribution in [1.29, 1.82) is 0 Å². The first-order valence-electron chi connectivity index (χ1n) is 8.51. The summed E-state index contributed by atoms with van der Waals surface area (Å²) in [6, 6.07) is 6.59. The summed E-state index contributed by atoms with van der Waals surface area (Å²) >= 11 is 0. The minimum atomic E-state index is 0.151. The molecule has 1 saturated heterocycles. The Hall–Kier alpha value is -1.55. The molecule has 2 heterocycles. The quantitative estimate of drug-likeness (QED) is 0.857. The summed E-state index contributed by atoms with van der Waals surface area (Å²) in [5.74, 6) is 0.445. The van der Waals surface area contributed by atoms with Crippen molar-refractivity contribution in [3.8, 4) is 0 Å². The highest BCUT2D eigenvalue weighted by molar-refractivity contribution is 5.97. The Kier molecular flexibility index (Phi) is 4.67. The van der Waals surface area contributed by atoms with E-state index in [2.05, 4.69) is 36.9 Å². The molecule has 4 nitrogen and oxygen atoms in total. The van der Waals surface area contributed by atoms with Crippen LogP contribution in [0, 0.1) is 5.92 Å². The number of hydrogen-bond acceptors (Lipinski definition) is 3. The zero-order valence-electron chi connectivity index (χ0n) is 13.7. The zero-order valence-corrected chi connectivity index (χ0v) is 13.7. The zero-order chi connectivity index (χ0) is 15.5. The third-order valence-electron chi connectivity index (χ3n) is 4.94. The maximum Gasteiger partial charge on any atom is 0.230 e. The number of amides is 1. The molecule has 2 aliphatic heterocycles. The van der Waals surface area contributed by atoms with E-state index < -0.39 is 0 Å². The molecule has 0 aliphatic carbocycles. The van der Waals surface area contributed by atoms with E-state index in [0.29, 0.717) is 5.91 Å². The molecule has 2 aliphatic rings. The topological polar surface area (TPSA) is 32.8 Å². The van der Waals surface area contributed by atoms with Gasteiger partial charge in [0.15, 0.2) is 0 Å². The fourth-order valence-corrected chi connectivity index (χ4v) is 3.47. The number of carbonyl (C=O) groups excluding carboxylic acids is 1. The minimum absolute atomic E-state index is 0.151. The third kappa shape index (κ3) is 2.84. The second-order valence-corrected chi connectivity index (χ2v) is 6.17. The van der Waals surface area contributed by atoms with Crippen LogP contribution in [-0.4, -0.2) is 38.8 Å². The fraction of sp³-hybridized carbons (Fsp3) is 0.611. The summed E-state index contributed by atoms with van der Waals surface area (Å²) in [5, 5.41) is 0. The highest BCUT2D eigenvalue weighted by Crippen LogP contribution is 2.34. The molecule has 22 heavy (non-hydrogen) atoms. The first-order chi connectivity index (χ1) is 10.7. The molecular weight excluding hydrogens is 276 g/mol. The van der Waals surface area contributed by atoms with Gasteiger partial charge in [-0.05, 0) is 37.0 Å². The second kappa shape index (κ2) is 6.69. The number of morpholine rings is 1. The van der Waals surface area contributed by atoms with Crippen molar-refractivity contribution in [2.75, 3.05) is 42.6 Å². The first-order valence-corrected chi connectivity index (χ1v) is 8.51. The molecule has 1 aromatic rings. The Morgan fingerprint density at radius 2 is 1.91 bits per heavy atom. The summed E-state index contributed by atoms with van der Waals surface area (Å²) in [7, 11) is 0. The first kappa shape index (κ1) is 15.3. The van der Waals surface area contributed by atoms with Crippen LogP contribution in [0.5, 0.6) is 0 Å². The summed E-state index contributed by atoms with van der Waals surface area (Å²) in [5.41, 5.74) is 3.64. The summed E-state index contributed by atoms with van der Waals surface area (Å²) in [6.45, 7) is 8.47. The van der Waals surface area contributed by atoms with Crippen LogP contribution >= 0.6 is 0 Å². The summed E-state index contributed by atoms with van der Waals surface area (Å²) < 4.78 is 5.43. The van der Waals surface area contributed by atoms with Gasteiger partial charge >= 0.3 is 0 Å². The van der Waals surface area contributed by atoms with Crippen molar-refractivity contribution in [2.24, 2.45) is 5.92 Å². The van der Waals surface area contributed by atoms with Crippen molar-refractivity contribution in [1.82, 2.24) is 0 Å². The molecule has 0 bridgehead atoms. The summed E-state index contributed by atoms with van der Waals surface area (Å²) in [4.78, 5) is 17.1. The van der Waals surface area contributed by atoms with Crippen molar-refractivity contribution in [2.45, 2.75) is 33.1 Å². The smallest absolute Gasteiger partial charge is 0.230 e. The molecule has 120 valence electrons. The molecule has 3 rings (SSSR count). The molecule has 4 heteroatoms. The lowest BCUT2D eigenvalue weighted by Crippen LogP contribution is -2.37. The molecule has 0 spiro atoms. The van der Waals surface area contributed by atoms with Crippen LogP contribution in [0.1, 0.15) is 32.3 Å². The predicted octanol–water partition coefficient (Wildman–Crippen LogP) is 2.85. The van der Waals surface area contributed by atoms with Gasteiger partial charge in [-0.1, -0.05) is 19.9 Å². The van der Waals surface area contributed by atoms with Crippen molar-refractivity contribution < 1.29 is 9.53 Å². The molecule has 1 aromatic carbocycles. The van der Waals surface area contributed by atoms with Crippen LogP contribution in [0.2, 0.25) is 0 Å². The lowest BCUT2D eigenvalue weighted by molar-refractivity contribution is -0.122. The van der Waals surface area contributed by atoms with Crippen LogP contribution in [-0.2, 0) is 16.0 Å². The van der Waals surface area contributed by atoms with Gasteiger partial charge in [0.2, 0.25) is 5.91 Å². The number of hydrogen-bond donors (Lipinski definition) is 0. The maximum absolute atomic E-state index is 12.8. The molecule has 0 radical (unpaired) electrons. The van der Waals surface area contributed by atoms with Gasteiger partial charge in [0.1, 0.15) is 0 Å². The van der Waals surface area contributed by atoms with Crippen molar-refractivity contribution >= 4 is 17.3 Å². The Labute approximate surface area is 133 Å². The maximum atomic E-state index is 12.8. The molecule has 0 N–H and O–H groups in total. The van der Waals surface area contributed by atoms with Gasteiger partial charge in [-0.15, -0.1) is 0 Å². The highest BCUT2D eigenvalue weighted by Gasteiger charge is 2.29. The lowest BCUT2D eigenvalue weighted by Gasteiger charge is -2.30. The number of carbonyl (C=O) groups is 1. The van der Waals surface area contributed by atoms with Gasteiger partial charge in [0, 0.05) is 36.9 Å². The molecular formula is C18H26N2O2. The fourth-order valence-electron chi connectivity index (χ4n) is 3.47. The number of nitrogens with zero attached hydrogens (tertiary/aromatic N) is 2. The largest absolute Gasteiger partial charge is 0.378 e. The van der Waals surface area contributed by atoms with Crippen LogP contribution in [0.25, 0.3) is 0 Å². The number of anilines is 2. The number of rotatable bonds is 4. The Bertz CT molecular complexity index is 534. The average Bonchev–Trinajstić information content (AvgIpc) is 2.99. The van der Waals surface area contributed by atoms with E-state index in [-0.39, 0.29) is 5.92 Å². The van der Waals surface area contributed by atoms with Crippen LogP contribution in [0.3, 0.4) is 0 Å². The van der Waals surface area contributed by atoms with Gasteiger partial charge in [-0.2, -0.15) is 0 Å². The summed E-state index contributed by atoms with van der Waals surface area (Å²) in [6.07, 6.45) is 2.82. The van der Waals surface area contributed by atoms with E-state index in [1.54, 1.807) is 0 Å². The monoisotopic (exact) mass is 302 g/mol. The molecule has 1 fully saturated rings. The van der Waals surface area contributed by atoms with E-state index >= 15 is 0 Å². The molecule has 0 saturated carbocycles. The van der Waals surface area contributed by atoms with E-state index in [1.807, 2.05) is 4.90 Å². The van der Waals surface area contributed by atoms with Crippen molar-refractivity contribution in [3.63, 3.8) is 0 Å². The van der Waals surface area contributed by atoms with Gasteiger partial charge < -0.3 is 14.5 Å². The number of benzene rings is 1. The van der Waals surface area contributed by atoms with Crippen LogP contribution in [0.15, 0.2) is 18.2 Å². The Morgan fingerprint density at radius 1 is 1.18 bits per heavy atom. The standard InChI is InChI=1S/C18H26N2O2/c1-3-14(4-2)18(21)20-8-7-15-5-6-16(13-17(15)20)19-9-11-22-12-10-19/h5-6,13-14H,3-4,7-12H2,1-2H3. The minimum Gasteiger partial charge on any atom is -0.378 e. The predicted molar refractivity (Wildman–Crippen MR) is 89.6 cm³/mol. The van der Waals surface area contributed by atoms with E-state index in [1.165, 1.54) is 11.3 Å². The number of fused-ring (bicyclic) bond motifs is 1. The van der Waals surface area contributed by atoms with E-state index in [9.17, 15) is 4.79 Å². The van der Waals surface area contributed by atoms with Crippen molar-refractivity contribution in [3.05, 3.63) is 23.8 Å². The Balaban J connectivity index is 1.84. The average molecular weight is 302 g/mol. The van der Waals surface area contributed by atoms with Crippen LogP contribution in [0.4, 0.5) is 11.4 Å². The molecule has 0 atom stereocenters. The SMILES string of the molecule is CCC(CC)C(=O)N1CCc2ccc(N3CCOCC3)cc21. The van der Waals surface area contributed by atoms with Crippen LogP contribution < -0.4 is 9.80 Å². The van der Waals surface area contributed by atoms with Gasteiger partial charge in [-0.3, -0.25) is 4.79 Å². The van der Waals surface area contributed by atoms with Gasteiger partial charge in [-0.25, -0.2) is 0 Å².